The third-order valence-corrected chi connectivity index (χ3v) is 5.66. The predicted molar refractivity (Wildman–Crippen MR) is 115 cm³/mol. The van der Waals surface area contributed by atoms with Crippen LogP contribution in [0.2, 0.25) is 0 Å². The smallest absolute Gasteiger partial charge is 0.225 e. The number of methoxy groups -OCH3 is 1. The van der Waals surface area contributed by atoms with Crippen molar-refractivity contribution in [2.75, 3.05) is 38.2 Å². The van der Waals surface area contributed by atoms with Crippen molar-refractivity contribution in [3.63, 3.8) is 0 Å². The van der Waals surface area contributed by atoms with E-state index in [9.17, 15) is 9.18 Å². The number of carbonyl (C=O) groups is 1. The second-order valence-corrected chi connectivity index (χ2v) is 7.47. The van der Waals surface area contributed by atoms with Crippen LogP contribution in [0.15, 0.2) is 73.1 Å². The van der Waals surface area contributed by atoms with Crippen LogP contribution in [0.25, 0.3) is 0 Å². The van der Waals surface area contributed by atoms with Gasteiger partial charge in [0, 0.05) is 44.3 Å². The van der Waals surface area contributed by atoms with Gasteiger partial charge < -0.3 is 19.1 Å². The minimum Gasteiger partial charge on any atom is -0.497 e. The van der Waals surface area contributed by atoms with Gasteiger partial charge in [0.05, 0.1) is 19.6 Å². The molecule has 0 spiro atoms. The number of halogens is 1. The molecule has 4 rings (SSSR count). The maximum absolute atomic E-state index is 13.8. The van der Waals surface area contributed by atoms with Gasteiger partial charge in [-0.1, -0.05) is 12.1 Å². The van der Waals surface area contributed by atoms with E-state index in [1.54, 1.807) is 13.2 Å². The lowest BCUT2D eigenvalue weighted by Gasteiger charge is -2.37. The zero-order valence-electron chi connectivity index (χ0n) is 17.1. The summed E-state index contributed by atoms with van der Waals surface area (Å²) < 4.78 is 21.0. The number of aromatic nitrogens is 1. The molecule has 1 atom stereocenters. The van der Waals surface area contributed by atoms with Crippen LogP contribution in [-0.2, 0) is 4.79 Å². The molecule has 0 unspecified atom stereocenters. The summed E-state index contributed by atoms with van der Waals surface area (Å²) in [6, 6.07) is 18.1. The summed E-state index contributed by atoms with van der Waals surface area (Å²) in [6.45, 7) is 2.91. The SMILES string of the molecule is COc1ccc(N2CCN(C(=O)C[C@H](c3cccc(F)c3)n3cccc3)CC2)cc1. The number of anilines is 1. The largest absolute Gasteiger partial charge is 0.497 e. The first kappa shape index (κ1) is 20.0. The maximum atomic E-state index is 13.8. The predicted octanol–water partition coefficient (Wildman–Crippen LogP) is 3.96. The van der Waals surface area contributed by atoms with Crippen LogP contribution in [0.1, 0.15) is 18.0 Å². The number of amides is 1. The number of benzene rings is 2. The number of rotatable bonds is 6. The Morgan fingerprint density at radius 1 is 1.00 bits per heavy atom. The number of ether oxygens (including phenoxy) is 1. The maximum Gasteiger partial charge on any atom is 0.225 e. The normalized spacial score (nSPS) is 15.1. The molecule has 1 aliphatic heterocycles. The molecule has 2 aromatic carbocycles. The van der Waals surface area contributed by atoms with E-state index in [4.69, 9.17) is 4.74 Å². The Kier molecular flexibility index (Phi) is 6.02. The molecule has 2 heterocycles. The van der Waals surface area contributed by atoms with Gasteiger partial charge in [-0.2, -0.15) is 0 Å². The summed E-state index contributed by atoms with van der Waals surface area (Å²) in [5, 5.41) is 0. The molecule has 156 valence electrons. The van der Waals surface area contributed by atoms with Crippen molar-refractivity contribution in [1.82, 2.24) is 9.47 Å². The molecule has 6 heteroatoms. The third kappa shape index (κ3) is 4.48. The summed E-state index contributed by atoms with van der Waals surface area (Å²) in [7, 11) is 1.66. The topological polar surface area (TPSA) is 37.7 Å². The lowest BCUT2D eigenvalue weighted by molar-refractivity contribution is -0.132. The highest BCUT2D eigenvalue weighted by Gasteiger charge is 2.25. The molecule has 0 radical (unpaired) electrons. The molecule has 1 saturated heterocycles. The highest BCUT2D eigenvalue weighted by molar-refractivity contribution is 5.77. The Morgan fingerprint density at radius 2 is 1.70 bits per heavy atom. The van der Waals surface area contributed by atoms with E-state index < -0.39 is 0 Å². The van der Waals surface area contributed by atoms with Crippen LogP contribution < -0.4 is 9.64 Å². The summed E-state index contributed by atoms with van der Waals surface area (Å²) >= 11 is 0. The van der Waals surface area contributed by atoms with Gasteiger partial charge in [0.25, 0.3) is 0 Å². The number of piperazine rings is 1. The highest BCUT2D eigenvalue weighted by atomic mass is 19.1. The van der Waals surface area contributed by atoms with Crippen molar-refractivity contribution in [3.8, 4) is 5.75 Å². The number of carbonyl (C=O) groups excluding carboxylic acids is 1. The molecule has 0 bridgehead atoms. The van der Waals surface area contributed by atoms with Crippen molar-refractivity contribution in [3.05, 3.63) is 84.4 Å². The van der Waals surface area contributed by atoms with Crippen molar-refractivity contribution in [2.45, 2.75) is 12.5 Å². The second-order valence-electron chi connectivity index (χ2n) is 7.47. The number of hydrogen-bond donors (Lipinski definition) is 0. The molecule has 0 aliphatic carbocycles. The molecule has 0 N–H and O–H groups in total. The molecule has 5 nitrogen and oxygen atoms in total. The lowest BCUT2D eigenvalue weighted by atomic mass is 10.0. The fourth-order valence-corrected chi connectivity index (χ4v) is 3.97. The standard InChI is InChI=1S/C24H26FN3O2/c1-30-22-9-7-21(8-10-22)26-13-15-28(16-14-26)24(29)18-23(27-11-2-3-12-27)19-5-4-6-20(25)17-19/h2-12,17,23H,13-16,18H2,1H3/t23-/m1/s1. The van der Waals surface area contributed by atoms with Gasteiger partial charge in [-0.25, -0.2) is 4.39 Å². The van der Waals surface area contributed by atoms with Crippen molar-refractivity contribution >= 4 is 11.6 Å². The first-order chi connectivity index (χ1) is 14.6. The molecule has 1 amide bonds. The summed E-state index contributed by atoms with van der Waals surface area (Å²) in [4.78, 5) is 17.3. The van der Waals surface area contributed by atoms with Crippen LogP contribution in [-0.4, -0.2) is 48.7 Å². The lowest BCUT2D eigenvalue weighted by Crippen LogP contribution is -2.49. The third-order valence-electron chi connectivity index (χ3n) is 5.66. The van der Waals surface area contributed by atoms with Gasteiger partial charge in [-0.05, 0) is 54.1 Å². The van der Waals surface area contributed by atoms with E-state index in [-0.39, 0.29) is 17.8 Å². The van der Waals surface area contributed by atoms with E-state index >= 15 is 0 Å². The van der Waals surface area contributed by atoms with E-state index in [0.29, 0.717) is 19.5 Å². The Balaban J connectivity index is 1.41. The van der Waals surface area contributed by atoms with Gasteiger partial charge in [0.1, 0.15) is 11.6 Å². The van der Waals surface area contributed by atoms with Gasteiger partial charge in [-0.15, -0.1) is 0 Å². The minimum atomic E-state index is -0.287. The highest BCUT2D eigenvalue weighted by Crippen LogP contribution is 2.25. The van der Waals surface area contributed by atoms with Gasteiger partial charge >= 0.3 is 0 Å². The van der Waals surface area contributed by atoms with Crippen molar-refractivity contribution in [2.24, 2.45) is 0 Å². The van der Waals surface area contributed by atoms with Gasteiger partial charge in [0.15, 0.2) is 0 Å². The monoisotopic (exact) mass is 407 g/mol. The second kappa shape index (κ2) is 9.03. The van der Waals surface area contributed by atoms with Gasteiger partial charge in [-0.3, -0.25) is 4.79 Å². The molecule has 1 aliphatic rings. The Labute approximate surface area is 176 Å². The Bertz CT molecular complexity index is 964. The van der Waals surface area contributed by atoms with E-state index in [2.05, 4.69) is 4.90 Å². The average Bonchev–Trinajstić information content (AvgIpc) is 3.32. The summed E-state index contributed by atoms with van der Waals surface area (Å²) in [5.41, 5.74) is 1.93. The molecular weight excluding hydrogens is 381 g/mol. The van der Waals surface area contributed by atoms with Crippen molar-refractivity contribution in [1.29, 1.82) is 0 Å². The van der Waals surface area contributed by atoms with Crippen LogP contribution >= 0.6 is 0 Å². The molecule has 30 heavy (non-hydrogen) atoms. The Hall–Kier alpha value is -3.28. The number of nitrogens with zero attached hydrogens (tertiary/aromatic N) is 3. The minimum absolute atomic E-state index is 0.0901. The van der Waals surface area contributed by atoms with E-state index in [0.717, 1.165) is 30.1 Å². The molecule has 3 aromatic rings. The van der Waals surface area contributed by atoms with Crippen LogP contribution in [0.5, 0.6) is 5.75 Å². The first-order valence-electron chi connectivity index (χ1n) is 10.2. The fraction of sp³-hybridized carbons (Fsp3) is 0.292. The van der Waals surface area contributed by atoms with Crippen LogP contribution in [0.3, 0.4) is 0 Å². The molecule has 1 aromatic heterocycles. The van der Waals surface area contributed by atoms with Crippen LogP contribution in [0.4, 0.5) is 10.1 Å². The van der Waals surface area contributed by atoms with Crippen LogP contribution in [0, 0.1) is 5.82 Å². The van der Waals surface area contributed by atoms with Crippen molar-refractivity contribution < 1.29 is 13.9 Å². The zero-order chi connectivity index (χ0) is 20.9. The number of hydrogen-bond acceptors (Lipinski definition) is 3. The quantitative estimate of drug-likeness (QED) is 0.621. The first-order valence-corrected chi connectivity index (χ1v) is 10.2. The van der Waals surface area contributed by atoms with E-state index in [1.165, 1.54) is 12.1 Å². The summed E-state index contributed by atoms with van der Waals surface area (Å²) in [6.07, 6.45) is 4.15. The van der Waals surface area contributed by atoms with E-state index in [1.807, 2.05) is 64.3 Å². The average molecular weight is 407 g/mol. The summed E-state index contributed by atoms with van der Waals surface area (Å²) in [5.74, 6) is 0.638. The van der Waals surface area contributed by atoms with Gasteiger partial charge in [0.2, 0.25) is 5.91 Å². The molecule has 1 fully saturated rings. The molecular formula is C24H26FN3O2. The molecule has 0 saturated carbocycles. The zero-order valence-corrected chi connectivity index (χ0v) is 17.1. The fourth-order valence-electron chi connectivity index (χ4n) is 3.97. The Morgan fingerprint density at radius 3 is 2.33 bits per heavy atom.